The summed E-state index contributed by atoms with van der Waals surface area (Å²) in [6, 6.07) is 9.22. The number of rotatable bonds is 4. The number of aryl methyl sites for hydroxylation is 2. The quantitative estimate of drug-likeness (QED) is 0.737. The summed E-state index contributed by atoms with van der Waals surface area (Å²) in [5, 5.41) is 20.6. The van der Waals surface area contributed by atoms with Crippen LogP contribution >= 0.6 is 11.3 Å². The molecule has 0 unspecified atom stereocenters. The Morgan fingerprint density at radius 1 is 1.20 bits per heavy atom. The number of aromatic carboxylic acids is 1. The number of carboxylic acids is 1. The molecular weight excluding hydrogens is 342 g/mol. The first-order valence-electron chi connectivity index (χ1n) is 7.44. The smallest absolute Gasteiger partial charge is 0.412 e. The monoisotopic (exact) mass is 357 g/mol. The SMILES string of the molecule is Cc1nnc2sc(C(=O)O)c(NC(=O)OCc3ccccc3)c2c1C. The van der Waals surface area contributed by atoms with Gasteiger partial charge in [-0.3, -0.25) is 5.32 Å². The maximum absolute atomic E-state index is 12.1. The first-order valence-corrected chi connectivity index (χ1v) is 8.26. The minimum Gasteiger partial charge on any atom is -0.477 e. The zero-order chi connectivity index (χ0) is 18.0. The number of anilines is 1. The Morgan fingerprint density at radius 2 is 1.92 bits per heavy atom. The van der Waals surface area contributed by atoms with Crippen molar-refractivity contribution < 1.29 is 19.4 Å². The third kappa shape index (κ3) is 3.43. The van der Waals surface area contributed by atoms with E-state index in [2.05, 4.69) is 15.5 Å². The zero-order valence-electron chi connectivity index (χ0n) is 13.6. The van der Waals surface area contributed by atoms with Gasteiger partial charge >= 0.3 is 12.1 Å². The summed E-state index contributed by atoms with van der Waals surface area (Å²) < 4.78 is 5.18. The van der Waals surface area contributed by atoms with Gasteiger partial charge in [0, 0.05) is 5.39 Å². The first-order chi connectivity index (χ1) is 12.0. The molecule has 0 saturated carbocycles. The van der Waals surface area contributed by atoms with E-state index in [1.807, 2.05) is 37.3 Å². The van der Waals surface area contributed by atoms with Crippen molar-refractivity contribution >= 4 is 39.3 Å². The van der Waals surface area contributed by atoms with Gasteiger partial charge in [0.05, 0.1) is 11.4 Å². The van der Waals surface area contributed by atoms with Crippen molar-refractivity contribution in [2.24, 2.45) is 0 Å². The Morgan fingerprint density at radius 3 is 2.60 bits per heavy atom. The topological polar surface area (TPSA) is 101 Å². The van der Waals surface area contributed by atoms with E-state index in [1.54, 1.807) is 6.92 Å². The summed E-state index contributed by atoms with van der Waals surface area (Å²) in [6.45, 7) is 3.68. The van der Waals surface area contributed by atoms with E-state index >= 15 is 0 Å². The summed E-state index contributed by atoms with van der Waals surface area (Å²) in [5.41, 5.74) is 2.47. The van der Waals surface area contributed by atoms with Crippen LogP contribution in [0.4, 0.5) is 10.5 Å². The number of carbonyl (C=O) groups excluding carboxylic acids is 1. The number of hydrogen-bond acceptors (Lipinski definition) is 6. The molecule has 0 aliphatic rings. The first kappa shape index (κ1) is 16.8. The van der Waals surface area contributed by atoms with E-state index in [0.717, 1.165) is 22.5 Å². The molecule has 0 radical (unpaired) electrons. The molecule has 0 aliphatic heterocycles. The molecule has 0 fully saturated rings. The average molecular weight is 357 g/mol. The average Bonchev–Trinajstić information content (AvgIpc) is 2.96. The molecule has 25 heavy (non-hydrogen) atoms. The third-order valence-electron chi connectivity index (χ3n) is 3.73. The van der Waals surface area contributed by atoms with E-state index in [9.17, 15) is 14.7 Å². The highest BCUT2D eigenvalue weighted by Gasteiger charge is 2.23. The van der Waals surface area contributed by atoms with Crippen molar-refractivity contribution in [3.8, 4) is 0 Å². The van der Waals surface area contributed by atoms with Gasteiger partial charge in [0.1, 0.15) is 16.3 Å². The Labute approximate surface area is 147 Å². The van der Waals surface area contributed by atoms with Crippen molar-refractivity contribution in [3.05, 3.63) is 52.0 Å². The molecule has 0 atom stereocenters. The van der Waals surface area contributed by atoms with Gasteiger partial charge in [-0.1, -0.05) is 30.3 Å². The lowest BCUT2D eigenvalue weighted by Gasteiger charge is -2.09. The maximum atomic E-state index is 12.1. The van der Waals surface area contributed by atoms with Crippen LogP contribution in [0, 0.1) is 13.8 Å². The van der Waals surface area contributed by atoms with Crippen LogP contribution in [0.3, 0.4) is 0 Å². The Balaban J connectivity index is 1.89. The number of nitrogens with one attached hydrogen (secondary N) is 1. The molecular formula is C17H15N3O4S. The molecule has 1 amide bonds. The number of benzene rings is 1. The number of aromatic nitrogens is 2. The van der Waals surface area contributed by atoms with Crippen LogP contribution in [0.25, 0.3) is 10.2 Å². The molecule has 3 rings (SSSR count). The van der Waals surface area contributed by atoms with E-state index in [4.69, 9.17) is 4.74 Å². The molecule has 1 aromatic carbocycles. The molecule has 0 saturated heterocycles. The van der Waals surface area contributed by atoms with Crippen molar-refractivity contribution in [2.75, 3.05) is 5.32 Å². The summed E-state index contributed by atoms with van der Waals surface area (Å²) in [7, 11) is 0. The Bertz CT molecular complexity index is 953. The van der Waals surface area contributed by atoms with Gasteiger partial charge in [-0.25, -0.2) is 9.59 Å². The van der Waals surface area contributed by atoms with Gasteiger partial charge in [0.2, 0.25) is 0 Å². The predicted octanol–water partition coefficient (Wildman–Crippen LogP) is 3.76. The summed E-state index contributed by atoms with van der Waals surface area (Å²) in [4.78, 5) is 24.1. The van der Waals surface area contributed by atoms with Crippen LogP contribution in [0.1, 0.15) is 26.5 Å². The number of thiophene rings is 1. The molecule has 128 valence electrons. The standard InChI is InChI=1S/C17H15N3O4S/c1-9-10(2)19-20-15-12(9)13(14(25-15)16(21)22)18-17(23)24-8-11-6-4-3-5-7-11/h3-7H,8H2,1-2H3,(H,18,23)(H,21,22). The van der Waals surface area contributed by atoms with Crippen molar-refractivity contribution in [1.29, 1.82) is 0 Å². The van der Waals surface area contributed by atoms with Crippen LogP contribution in [0.5, 0.6) is 0 Å². The van der Waals surface area contributed by atoms with Crippen molar-refractivity contribution in [3.63, 3.8) is 0 Å². The minimum atomic E-state index is -1.14. The van der Waals surface area contributed by atoms with E-state index in [-0.39, 0.29) is 17.2 Å². The predicted molar refractivity (Wildman–Crippen MR) is 94.1 cm³/mol. The summed E-state index contributed by atoms with van der Waals surface area (Å²) >= 11 is 0.968. The highest BCUT2D eigenvalue weighted by Crippen LogP contribution is 2.37. The fourth-order valence-electron chi connectivity index (χ4n) is 2.34. The largest absolute Gasteiger partial charge is 0.477 e. The number of nitrogens with zero attached hydrogens (tertiary/aromatic N) is 2. The second-order valence-electron chi connectivity index (χ2n) is 5.39. The number of hydrogen-bond donors (Lipinski definition) is 2. The molecule has 3 aromatic rings. The molecule has 2 aromatic heterocycles. The third-order valence-corrected chi connectivity index (χ3v) is 4.79. The molecule has 0 spiro atoms. The minimum absolute atomic E-state index is 0.00494. The van der Waals surface area contributed by atoms with Crippen molar-refractivity contribution in [2.45, 2.75) is 20.5 Å². The highest BCUT2D eigenvalue weighted by molar-refractivity contribution is 7.21. The highest BCUT2D eigenvalue weighted by atomic mass is 32.1. The number of amides is 1. The molecule has 0 bridgehead atoms. The fraction of sp³-hybridized carbons (Fsp3) is 0.176. The van der Waals surface area contributed by atoms with E-state index in [1.165, 1.54) is 0 Å². The maximum Gasteiger partial charge on any atom is 0.412 e. The van der Waals surface area contributed by atoms with Crippen LogP contribution < -0.4 is 5.32 Å². The Kier molecular flexibility index (Phi) is 4.62. The summed E-state index contributed by atoms with van der Waals surface area (Å²) in [5.74, 6) is -1.14. The fourth-order valence-corrected chi connectivity index (χ4v) is 3.32. The van der Waals surface area contributed by atoms with E-state index in [0.29, 0.717) is 15.9 Å². The number of carboxylic acid groups (broad SMARTS) is 1. The van der Waals surface area contributed by atoms with E-state index < -0.39 is 12.1 Å². The van der Waals surface area contributed by atoms with Crippen LogP contribution in [-0.2, 0) is 11.3 Å². The number of carbonyl (C=O) groups is 2. The molecule has 2 heterocycles. The molecule has 2 N–H and O–H groups in total. The lowest BCUT2D eigenvalue weighted by atomic mass is 10.1. The van der Waals surface area contributed by atoms with Gasteiger partial charge in [-0.05, 0) is 25.0 Å². The lowest BCUT2D eigenvalue weighted by molar-refractivity contribution is 0.0703. The molecule has 7 nitrogen and oxygen atoms in total. The molecule has 0 aliphatic carbocycles. The Hall–Kier alpha value is -3.00. The zero-order valence-corrected chi connectivity index (χ0v) is 14.4. The second kappa shape index (κ2) is 6.86. The van der Waals surface area contributed by atoms with Crippen molar-refractivity contribution in [1.82, 2.24) is 10.2 Å². The van der Waals surface area contributed by atoms with Gasteiger partial charge < -0.3 is 9.84 Å². The summed E-state index contributed by atoms with van der Waals surface area (Å²) in [6.07, 6.45) is -0.722. The number of fused-ring (bicyclic) bond motifs is 1. The lowest BCUT2D eigenvalue weighted by Crippen LogP contribution is -2.15. The molecule has 8 heteroatoms. The normalized spacial score (nSPS) is 10.6. The van der Waals surface area contributed by atoms with Gasteiger partial charge in [0.25, 0.3) is 0 Å². The van der Waals surface area contributed by atoms with Gasteiger partial charge in [-0.15, -0.1) is 16.4 Å². The number of ether oxygens (including phenoxy) is 1. The van der Waals surface area contributed by atoms with Gasteiger partial charge in [-0.2, -0.15) is 5.10 Å². The van der Waals surface area contributed by atoms with Crippen LogP contribution in [0.2, 0.25) is 0 Å². The van der Waals surface area contributed by atoms with Crippen LogP contribution in [0.15, 0.2) is 30.3 Å². The van der Waals surface area contributed by atoms with Crippen LogP contribution in [-0.4, -0.2) is 27.4 Å². The second-order valence-corrected chi connectivity index (χ2v) is 6.39. The van der Waals surface area contributed by atoms with Gasteiger partial charge in [0.15, 0.2) is 0 Å².